The van der Waals surface area contributed by atoms with Crippen molar-refractivity contribution >= 4 is 39.1 Å². The summed E-state index contributed by atoms with van der Waals surface area (Å²) in [5.41, 5.74) is 2.79. The first-order chi connectivity index (χ1) is 15.2. The molecule has 0 spiro atoms. The molecule has 0 unspecified atom stereocenters. The summed E-state index contributed by atoms with van der Waals surface area (Å²) in [5, 5.41) is 2.27. The number of hydrogen-bond acceptors (Lipinski definition) is 5. The van der Waals surface area contributed by atoms with Crippen LogP contribution < -0.4 is 10.5 Å². The number of anilines is 1. The van der Waals surface area contributed by atoms with Crippen LogP contribution in [0.4, 0.5) is 5.69 Å². The minimum absolute atomic E-state index is 0.0178. The van der Waals surface area contributed by atoms with Crippen molar-refractivity contribution in [1.82, 2.24) is 19.4 Å². The van der Waals surface area contributed by atoms with Gasteiger partial charge in [-0.1, -0.05) is 29.8 Å². The molecule has 0 saturated carbocycles. The Bertz CT molecular complexity index is 1260. The lowest BCUT2D eigenvalue weighted by atomic mass is 10.1. The van der Waals surface area contributed by atoms with Gasteiger partial charge in [0.05, 0.1) is 22.7 Å². The summed E-state index contributed by atoms with van der Waals surface area (Å²) in [5.74, 6) is 0. The van der Waals surface area contributed by atoms with E-state index in [0.717, 1.165) is 60.6 Å². The summed E-state index contributed by atoms with van der Waals surface area (Å²) in [6.07, 6.45) is 4.24. The highest BCUT2D eigenvalue weighted by Gasteiger charge is 2.17. The Hall–Kier alpha value is -2.96. The van der Waals surface area contributed by atoms with Crippen LogP contribution in [-0.2, 0) is 6.54 Å². The molecule has 2 aromatic heterocycles. The lowest BCUT2D eigenvalue weighted by Gasteiger charge is -2.36. The summed E-state index contributed by atoms with van der Waals surface area (Å²) in [6, 6.07) is 15.8. The van der Waals surface area contributed by atoms with Crippen molar-refractivity contribution < 1.29 is 0 Å². The smallest absolute Gasteiger partial charge is 0.262 e. The summed E-state index contributed by atoms with van der Waals surface area (Å²) >= 11 is 5.99. The van der Waals surface area contributed by atoms with E-state index >= 15 is 0 Å². The first-order valence-electron chi connectivity index (χ1n) is 10.6. The number of halogens is 1. The third-order valence-electron chi connectivity index (χ3n) is 6.00. The highest BCUT2D eigenvalue weighted by atomic mass is 35.5. The molecule has 0 radical (unpaired) electrons. The van der Waals surface area contributed by atoms with Crippen LogP contribution in [0.1, 0.15) is 6.42 Å². The van der Waals surface area contributed by atoms with Crippen LogP contribution in [-0.4, -0.2) is 52.2 Å². The van der Waals surface area contributed by atoms with E-state index in [2.05, 4.69) is 31.9 Å². The fourth-order valence-electron chi connectivity index (χ4n) is 4.26. The summed E-state index contributed by atoms with van der Waals surface area (Å²) in [7, 11) is 0. The second-order valence-corrected chi connectivity index (χ2v) is 8.38. The lowest BCUT2D eigenvalue weighted by Crippen LogP contribution is -2.46. The van der Waals surface area contributed by atoms with E-state index in [-0.39, 0.29) is 5.56 Å². The third-order valence-corrected chi connectivity index (χ3v) is 6.25. The number of para-hydroxylation sites is 1. The molecule has 1 fully saturated rings. The molecular weight excluding hydrogens is 410 g/mol. The number of aryl methyl sites for hydroxylation is 1. The second-order valence-electron chi connectivity index (χ2n) is 7.94. The third kappa shape index (κ3) is 4.13. The van der Waals surface area contributed by atoms with Gasteiger partial charge in [-0.2, -0.15) is 0 Å². The van der Waals surface area contributed by atoms with Crippen molar-refractivity contribution in [1.29, 1.82) is 0 Å². The Morgan fingerprint density at radius 1 is 0.871 bits per heavy atom. The molecule has 0 aliphatic carbocycles. The Labute approximate surface area is 185 Å². The van der Waals surface area contributed by atoms with Crippen molar-refractivity contribution in [3.63, 3.8) is 0 Å². The summed E-state index contributed by atoms with van der Waals surface area (Å²) in [4.78, 5) is 26.8. The molecule has 1 aliphatic heterocycles. The molecule has 4 aromatic rings. The Morgan fingerprint density at radius 3 is 2.45 bits per heavy atom. The zero-order valence-corrected chi connectivity index (χ0v) is 18.0. The quantitative estimate of drug-likeness (QED) is 0.448. The predicted molar refractivity (Wildman–Crippen MR) is 126 cm³/mol. The van der Waals surface area contributed by atoms with Crippen LogP contribution in [0.15, 0.2) is 65.8 Å². The molecule has 31 heavy (non-hydrogen) atoms. The van der Waals surface area contributed by atoms with Gasteiger partial charge in [0.1, 0.15) is 0 Å². The van der Waals surface area contributed by atoms with Crippen LogP contribution in [0.5, 0.6) is 0 Å². The molecule has 1 saturated heterocycles. The largest absolute Gasteiger partial charge is 0.369 e. The molecule has 0 N–H and O–H groups in total. The minimum Gasteiger partial charge on any atom is -0.369 e. The number of fused-ring (bicyclic) bond motifs is 3. The molecule has 0 amide bonds. The lowest BCUT2D eigenvalue weighted by molar-refractivity contribution is 0.250. The van der Waals surface area contributed by atoms with Gasteiger partial charge in [-0.3, -0.25) is 19.2 Å². The molecule has 158 valence electrons. The number of rotatable bonds is 5. The number of piperazine rings is 1. The van der Waals surface area contributed by atoms with Crippen molar-refractivity contribution in [3.8, 4) is 0 Å². The van der Waals surface area contributed by atoms with E-state index < -0.39 is 0 Å². The van der Waals surface area contributed by atoms with E-state index in [9.17, 15) is 4.79 Å². The van der Waals surface area contributed by atoms with Crippen LogP contribution in [0.3, 0.4) is 0 Å². The fourth-order valence-corrected chi connectivity index (χ4v) is 4.39. The van der Waals surface area contributed by atoms with Gasteiger partial charge < -0.3 is 4.90 Å². The maximum Gasteiger partial charge on any atom is 0.262 e. The maximum atomic E-state index is 12.9. The number of benzene rings is 2. The highest BCUT2D eigenvalue weighted by Crippen LogP contribution is 2.20. The number of pyridine rings is 1. The zero-order chi connectivity index (χ0) is 21.2. The van der Waals surface area contributed by atoms with Crippen LogP contribution in [0.25, 0.3) is 21.8 Å². The minimum atomic E-state index is -0.0178. The Kier molecular flexibility index (Phi) is 5.57. The summed E-state index contributed by atoms with van der Waals surface area (Å²) < 4.78 is 1.71. The Morgan fingerprint density at radius 2 is 1.65 bits per heavy atom. The van der Waals surface area contributed by atoms with Crippen molar-refractivity contribution in [3.05, 3.63) is 76.4 Å². The number of aromatic nitrogens is 3. The molecular formula is C24H24ClN5O. The number of hydrogen-bond donors (Lipinski definition) is 0. The first kappa shape index (κ1) is 20.0. The van der Waals surface area contributed by atoms with Gasteiger partial charge in [0, 0.05) is 55.0 Å². The zero-order valence-electron chi connectivity index (χ0n) is 17.2. The van der Waals surface area contributed by atoms with Crippen molar-refractivity contribution in [2.45, 2.75) is 13.0 Å². The van der Waals surface area contributed by atoms with Crippen molar-refractivity contribution in [2.75, 3.05) is 37.6 Å². The van der Waals surface area contributed by atoms with Gasteiger partial charge in [0.25, 0.3) is 5.56 Å². The highest BCUT2D eigenvalue weighted by molar-refractivity contribution is 6.30. The molecule has 5 rings (SSSR count). The monoisotopic (exact) mass is 433 g/mol. The maximum absolute atomic E-state index is 12.9. The molecule has 0 atom stereocenters. The Balaban J connectivity index is 1.20. The van der Waals surface area contributed by atoms with Crippen LogP contribution in [0.2, 0.25) is 5.02 Å². The van der Waals surface area contributed by atoms with Gasteiger partial charge in [-0.15, -0.1) is 0 Å². The van der Waals surface area contributed by atoms with E-state index in [1.165, 1.54) is 5.69 Å². The number of nitrogens with zero attached hydrogens (tertiary/aromatic N) is 5. The van der Waals surface area contributed by atoms with Gasteiger partial charge in [0.15, 0.2) is 0 Å². The van der Waals surface area contributed by atoms with E-state index in [1.54, 1.807) is 17.1 Å². The standard InChI is InChI=1S/C24H24ClN5O/c25-18-6-8-19(9-7-18)29-14-12-28(13-15-29)10-3-11-30-17-27-23-20-4-1-2-5-22(20)26-16-21(23)24(30)31/h1-2,4-9,16-17H,3,10-15H2. The van der Waals surface area contributed by atoms with Crippen LogP contribution in [0, 0.1) is 0 Å². The van der Waals surface area contributed by atoms with Gasteiger partial charge in [-0.25, -0.2) is 4.98 Å². The topological polar surface area (TPSA) is 54.3 Å². The molecule has 7 heteroatoms. The molecule has 2 aromatic carbocycles. The molecule has 0 bridgehead atoms. The molecule has 1 aliphatic rings. The fraction of sp³-hybridized carbons (Fsp3) is 0.292. The van der Waals surface area contributed by atoms with Crippen LogP contribution >= 0.6 is 11.6 Å². The van der Waals surface area contributed by atoms with E-state index in [0.29, 0.717) is 11.9 Å². The van der Waals surface area contributed by atoms with Gasteiger partial charge in [-0.05, 0) is 43.3 Å². The normalized spacial score (nSPS) is 15.1. The molecule has 6 nitrogen and oxygen atoms in total. The van der Waals surface area contributed by atoms with Crippen molar-refractivity contribution in [2.24, 2.45) is 0 Å². The average Bonchev–Trinajstić information content (AvgIpc) is 2.81. The second kappa shape index (κ2) is 8.65. The van der Waals surface area contributed by atoms with Gasteiger partial charge >= 0.3 is 0 Å². The van der Waals surface area contributed by atoms with E-state index in [4.69, 9.17) is 11.6 Å². The summed E-state index contributed by atoms with van der Waals surface area (Å²) in [6.45, 7) is 5.66. The van der Waals surface area contributed by atoms with Gasteiger partial charge in [0.2, 0.25) is 0 Å². The predicted octanol–water partition coefficient (Wildman–Crippen LogP) is 3.81. The van der Waals surface area contributed by atoms with E-state index in [1.807, 2.05) is 36.4 Å². The first-order valence-corrected chi connectivity index (χ1v) is 11.0. The average molecular weight is 434 g/mol. The SMILES string of the molecule is O=c1c2cnc3ccccc3c2ncn1CCCN1CCN(c2ccc(Cl)cc2)CC1. The molecule has 3 heterocycles.